The van der Waals surface area contributed by atoms with Crippen molar-refractivity contribution in [2.24, 2.45) is 5.92 Å². The monoisotopic (exact) mass is 261 g/mol. The summed E-state index contributed by atoms with van der Waals surface area (Å²) in [4.78, 5) is 7.36. The van der Waals surface area contributed by atoms with Crippen molar-refractivity contribution in [1.29, 1.82) is 0 Å². The summed E-state index contributed by atoms with van der Waals surface area (Å²) < 4.78 is 3.05. The SMILES string of the molecule is S=c1[nH]c2cnccc2n1CCC1CCCCC1. The van der Waals surface area contributed by atoms with Gasteiger partial charge in [-0.1, -0.05) is 32.1 Å². The third-order valence-corrected chi connectivity index (χ3v) is 4.38. The highest BCUT2D eigenvalue weighted by molar-refractivity contribution is 7.71. The molecule has 1 fully saturated rings. The number of nitrogens with one attached hydrogen (secondary N) is 1. The van der Waals surface area contributed by atoms with Crippen LogP contribution in [0.15, 0.2) is 18.5 Å². The highest BCUT2D eigenvalue weighted by Crippen LogP contribution is 2.27. The lowest BCUT2D eigenvalue weighted by Crippen LogP contribution is -2.10. The van der Waals surface area contributed by atoms with E-state index in [0.717, 1.165) is 22.8 Å². The predicted molar refractivity (Wildman–Crippen MR) is 76.1 cm³/mol. The number of imidazole rings is 1. The molecule has 1 N–H and O–H groups in total. The van der Waals surface area contributed by atoms with E-state index in [2.05, 4.69) is 14.5 Å². The van der Waals surface area contributed by atoms with E-state index in [9.17, 15) is 0 Å². The van der Waals surface area contributed by atoms with Gasteiger partial charge in [0.2, 0.25) is 0 Å². The molecule has 1 aliphatic carbocycles. The Balaban J connectivity index is 1.77. The maximum absolute atomic E-state index is 5.40. The summed E-state index contributed by atoms with van der Waals surface area (Å²) in [5.41, 5.74) is 2.23. The zero-order valence-corrected chi connectivity index (χ0v) is 11.4. The average molecular weight is 261 g/mol. The van der Waals surface area contributed by atoms with Gasteiger partial charge in [-0.15, -0.1) is 0 Å². The highest BCUT2D eigenvalue weighted by Gasteiger charge is 2.14. The van der Waals surface area contributed by atoms with Crippen molar-refractivity contribution in [1.82, 2.24) is 14.5 Å². The first-order valence-corrected chi connectivity index (χ1v) is 7.28. The fourth-order valence-electron chi connectivity index (χ4n) is 3.02. The van der Waals surface area contributed by atoms with E-state index in [1.807, 2.05) is 18.5 Å². The minimum absolute atomic E-state index is 0.828. The number of hydrogen-bond donors (Lipinski definition) is 1. The molecule has 0 spiro atoms. The van der Waals surface area contributed by atoms with Crippen LogP contribution in [0, 0.1) is 10.7 Å². The lowest BCUT2D eigenvalue weighted by Gasteiger charge is -2.21. The molecule has 4 heteroatoms. The normalized spacial score (nSPS) is 17.3. The van der Waals surface area contributed by atoms with Gasteiger partial charge in [-0.25, -0.2) is 0 Å². The number of rotatable bonds is 3. The molecular weight excluding hydrogens is 242 g/mol. The van der Waals surface area contributed by atoms with E-state index in [4.69, 9.17) is 12.2 Å². The fraction of sp³-hybridized carbons (Fsp3) is 0.571. The predicted octanol–water partition coefficient (Wildman–Crippen LogP) is 4.06. The molecule has 0 amide bonds. The van der Waals surface area contributed by atoms with Gasteiger partial charge in [0.05, 0.1) is 17.2 Å². The molecule has 0 aromatic carbocycles. The first kappa shape index (κ1) is 11.9. The van der Waals surface area contributed by atoms with Crippen LogP contribution in [-0.4, -0.2) is 14.5 Å². The Morgan fingerprint density at radius 1 is 1.33 bits per heavy atom. The minimum Gasteiger partial charge on any atom is -0.329 e. The molecule has 0 bridgehead atoms. The molecule has 3 rings (SSSR count). The minimum atomic E-state index is 0.828. The number of aryl methyl sites for hydroxylation is 1. The van der Waals surface area contributed by atoms with Crippen LogP contribution in [0.3, 0.4) is 0 Å². The first-order valence-electron chi connectivity index (χ1n) is 6.87. The van der Waals surface area contributed by atoms with E-state index in [1.165, 1.54) is 44.0 Å². The lowest BCUT2D eigenvalue weighted by atomic mass is 9.87. The quantitative estimate of drug-likeness (QED) is 0.845. The maximum atomic E-state index is 5.40. The standard InChI is InChI=1S/C14H19N3S/c18-14-16-12-10-15-8-6-13(12)17(14)9-7-11-4-2-1-3-5-11/h6,8,10-11H,1-5,7,9H2,(H,16,18). The molecule has 0 atom stereocenters. The van der Waals surface area contributed by atoms with Crippen molar-refractivity contribution in [3.63, 3.8) is 0 Å². The van der Waals surface area contributed by atoms with Gasteiger partial charge < -0.3 is 9.55 Å². The zero-order chi connectivity index (χ0) is 12.4. The second-order valence-electron chi connectivity index (χ2n) is 5.27. The molecule has 2 aromatic heterocycles. The third kappa shape index (κ3) is 2.34. The molecule has 0 aliphatic heterocycles. The third-order valence-electron chi connectivity index (χ3n) is 4.06. The van der Waals surface area contributed by atoms with Crippen LogP contribution in [0.2, 0.25) is 0 Å². The van der Waals surface area contributed by atoms with Gasteiger partial charge in [-0.2, -0.15) is 0 Å². The van der Waals surface area contributed by atoms with Crippen molar-refractivity contribution >= 4 is 23.3 Å². The summed E-state index contributed by atoms with van der Waals surface area (Å²) in [5.74, 6) is 0.896. The Labute approximate surface area is 112 Å². The maximum Gasteiger partial charge on any atom is 0.178 e. The van der Waals surface area contributed by atoms with Crippen LogP contribution in [-0.2, 0) is 6.54 Å². The van der Waals surface area contributed by atoms with E-state index in [1.54, 1.807) is 0 Å². The summed E-state index contributed by atoms with van der Waals surface area (Å²) in [6.45, 7) is 1.04. The molecule has 2 heterocycles. The molecular formula is C14H19N3S. The lowest BCUT2D eigenvalue weighted by molar-refractivity contribution is 0.325. The van der Waals surface area contributed by atoms with Gasteiger partial charge in [0.15, 0.2) is 4.77 Å². The van der Waals surface area contributed by atoms with Gasteiger partial charge in [0, 0.05) is 12.7 Å². The summed E-state index contributed by atoms with van der Waals surface area (Å²) in [7, 11) is 0. The molecule has 0 unspecified atom stereocenters. The van der Waals surface area contributed by atoms with E-state index in [-0.39, 0.29) is 0 Å². The average Bonchev–Trinajstić information content (AvgIpc) is 2.73. The van der Waals surface area contributed by atoms with Gasteiger partial charge in [-0.3, -0.25) is 4.98 Å². The van der Waals surface area contributed by atoms with Crippen LogP contribution >= 0.6 is 12.2 Å². The molecule has 2 aromatic rings. The molecule has 0 radical (unpaired) electrons. The molecule has 96 valence electrons. The van der Waals surface area contributed by atoms with Gasteiger partial charge >= 0.3 is 0 Å². The van der Waals surface area contributed by atoms with Crippen LogP contribution in [0.25, 0.3) is 11.0 Å². The molecule has 1 saturated carbocycles. The van der Waals surface area contributed by atoms with E-state index in [0.29, 0.717) is 0 Å². The number of hydrogen-bond acceptors (Lipinski definition) is 2. The van der Waals surface area contributed by atoms with Crippen LogP contribution in [0.4, 0.5) is 0 Å². The van der Waals surface area contributed by atoms with Gasteiger partial charge in [-0.05, 0) is 30.6 Å². The summed E-state index contributed by atoms with van der Waals surface area (Å²) >= 11 is 5.40. The number of H-pyrrole nitrogens is 1. The van der Waals surface area contributed by atoms with E-state index >= 15 is 0 Å². The van der Waals surface area contributed by atoms with Gasteiger partial charge in [0.1, 0.15) is 0 Å². The van der Waals surface area contributed by atoms with Crippen LogP contribution in [0.5, 0.6) is 0 Å². The first-order chi connectivity index (χ1) is 8.84. The van der Waals surface area contributed by atoms with Crippen molar-refractivity contribution in [3.05, 3.63) is 23.2 Å². The fourth-order valence-corrected chi connectivity index (χ4v) is 3.32. The second-order valence-corrected chi connectivity index (χ2v) is 5.65. The van der Waals surface area contributed by atoms with Crippen LogP contribution in [0.1, 0.15) is 38.5 Å². The Hall–Kier alpha value is -1.16. The number of nitrogens with zero attached hydrogens (tertiary/aromatic N) is 2. The smallest absolute Gasteiger partial charge is 0.178 e. The number of fused-ring (bicyclic) bond motifs is 1. The molecule has 0 saturated heterocycles. The summed E-state index contributed by atoms with van der Waals surface area (Å²) in [5, 5.41) is 0. The zero-order valence-electron chi connectivity index (χ0n) is 10.6. The Kier molecular flexibility index (Phi) is 3.46. The van der Waals surface area contributed by atoms with E-state index < -0.39 is 0 Å². The van der Waals surface area contributed by atoms with Gasteiger partial charge in [0.25, 0.3) is 0 Å². The summed E-state index contributed by atoms with van der Waals surface area (Å²) in [6, 6.07) is 2.04. The Morgan fingerprint density at radius 2 is 2.17 bits per heavy atom. The molecule has 3 nitrogen and oxygen atoms in total. The molecule has 18 heavy (non-hydrogen) atoms. The van der Waals surface area contributed by atoms with Crippen molar-refractivity contribution < 1.29 is 0 Å². The number of pyridine rings is 1. The Bertz CT molecular complexity index is 578. The number of aromatic amines is 1. The number of aromatic nitrogens is 3. The second kappa shape index (κ2) is 5.22. The topological polar surface area (TPSA) is 33.6 Å². The van der Waals surface area contributed by atoms with Crippen molar-refractivity contribution in [2.75, 3.05) is 0 Å². The molecule has 1 aliphatic rings. The Morgan fingerprint density at radius 3 is 3.00 bits per heavy atom. The largest absolute Gasteiger partial charge is 0.329 e. The van der Waals surface area contributed by atoms with Crippen molar-refractivity contribution in [2.45, 2.75) is 45.1 Å². The van der Waals surface area contributed by atoms with Crippen molar-refractivity contribution in [3.8, 4) is 0 Å². The highest BCUT2D eigenvalue weighted by atomic mass is 32.1. The summed E-state index contributed by atoms with van der Waals surface area (Å²) in [6.07, 6.45) is 12.0. The van der Waals surface area contributed by atoms with Crippen LogP contribution < -0.4 is 0 Å².